The van der Waals surface area contributed by atoms with E-state index in [1.807, 2.05) is 0 Å². The number of fused-ring (bicyclic) bond motifs is 1. The lowest BCUT2D eigenvalue weighted by Crippen LogP contribution is -2.01. The molecule has 5 nitrogen and oxygen atoms in total. The minimum absolute atomic E-state index is 0.199. The van der Waals surface area contributed by atoms with Gasteiger partial charge in [-0.25, -0.2) is 14.2 Å². The maximum Gasteiger partial charge on any atom is 0.335 e. The molecule has 0 atom stereocenters. The summed E-state index contributed by atoms with van der Waals surface area (Å²) in [5.74, 6) is -0.770. The summed E-state index contributed by atoms with van der Waals surface area (Å²) in [6.07, 6.45) is 0. The molecule has 0 saturated carbocycles. The van der Waals surface area contributed by atoms with Crippen molar-refractivity contribution in [3.63, 3.8) is 0 Å². The molecular formula is C15H11BrFN3O2. The summed E-state index contributed by atoms with van der Waals surface area (Å²) in [5.41, 5.74) is 2.40. The first kappa shape index (κ1) is 14.5. The van der Waals surface area contributed by atoms with Crippen molar-refractivity contribution in [2.75, 3.05) is 5.32 Å². The second kappa shape index (κ2) is 5.76. The van der Waals surface area contributed by atoms with Gasteiger partial charge in [0.05, 0.1) is 21.1 Å². The zero-order valence-electron chi connectivity index (χ0n) is 11.2. The van der Waals surface area contributed by atoms with Crippen LogP contribution in [0.5, 0.6) is 0 Å². The average Bonchev–Trinajstić information content (AvgIpc) is 2.90. The molecular weight excluding hydrogens is 353 g/mol. The Labute approximate surface area is 133 Å². The van der Waals surface area contributed by atoms with Crippen LogP contribution in [0.1, 0.15) is 15.9 Å². The maximum absolute atomic E-state index is 13.2. The third-order valence-corrected chi connectivity index (χ3v) is 3.78. The van der Waals surface area contributed by atoms with Gasteiger partial charge in [0.25, 0.3) is 0 Å². The van der Waals surface area contributed by atoms with Crippen molar-refractivity contribution >= 4 is 38.9 Å². The zero-order valence-corrected chi connectivity index (χ0v) is 12.8. The van der Waals surface area contributed by atoms with E-state index in [1.165, 1.54) is 18.2 Å². The Hall–Kier alpha value is -2.41. The number of halogens is 2. The van der Waals surface area contributed by atoms with Crippen LogP contribution in [0.15, 0.2) is 40.9 Å². The fraction of sp³-hybridized carbons (Fsp3) is 0.0667. The van der Waals surface area contributed by atoms with Crippen LogP contribution in [0.4, 0.5) is 10.3 Å². The van der Waals surface area contributed by atoms with Gasteiger partial charge in [-0.05, 0) is 51.8 Å². The molecule has 0 aliphatic rings. The number of nitrogens with one attached hydrogen (secondary N) is 2. The molecule has 0 unspecified atom stereocenters. The Morgan fingerprint density at radius 1 is 1.32 bits per heavy atom. The number of hydrogen-bond donors (Lipinski definition) is 3. The normalized spacial score (nSPS) is 10.8. The van der Waals surface area contributed by atoms with E-state index < -0.39 is 5.97 Å². The molecule has 3 aromatic rings. The van der Waals surface area contributed by atoms with Crippen molar-refractivity contribution in [1.29, 1.82) is 0 Å². The first-order chi connectivity index (χ1) is 10.5. The number of aromatic nitrogens is 2. The van der Waals surface area contributed by atoms with Crippen molar-refractivity contribution in [1.82, 2.24) is 9.97 Å². The highest BCUT2D eigenvalue weighted by Gasteiger charge is 2.08. The number of carboxylic acids is 1. The number of benzene rings is 2. The first-order valence-corrected chi connectivity index (χ1v) is 7.23. The van der Waals surface area contributed by atoms with Crippen molar-refractivity contribution < 1.29 is 14.3 Å². The van der Waals surface area contributed by atoms with Crippen LogP contribution in [-0.4, -0.2) is 21.0 Å². The number of nitrogens with zero attached hydrogens (tertiary/aromatic N) is 1. The number of carboxylic acid groups (broad SMARTS) is 1. The maximum atomic E-state index is 13.2. The number of imidazole rings is 1. The van der Waals surface area contributed by atoms with E-state index in [0.29, 0.717) is 28.0 Å². The Bertz CT molecular complexity index is 863. The Balaban J connectivity index is 1.79. The molecule has 0 bridgehead atoms. The van der Waals surface area contributed by atoms with Gasteiger partial charge in [-0.3, -0.25) is 0 Å². The molecule has 1 heterocycles. The van der Waals surface area contributed by atoms with Gasteiger partial charge in [-0.15, -0.1) is 0 Å². The number of H-pyrrole nitrogens is 1. The van der Waals surface area contributed by atoms with E-state index in [0.717, 1.165) is 5.56 Å². The third kappa shape index (κ3) is 2.94. The minimum Gasteiger partial charge on any atom is -0.478 e. The van der Waals surface area contributed by atoms with Gasteiger partial charge in [-0.2, -0.15) is 0 Å². The SMILES string of the molecule is O=C(O)c1ccc2nc(NCc3ccc(F)c(Br)c3)[nH]c2c1. The van der Waals surface area contributed by atoms with Crippen molar-refractivity contribution in [2.24, 2.45) is 0 Å². The monoisotopic (exact) mass is 363 g/mol. The molecule has 0 radical (unpaired) electrons. The van der Waals surface area contributed by atoms with E-state index >= 15 is 0 Å². The molecule has 0 aliphatic carbocycles. The largest absolute Gasteiger partial charge is 0.478 e. The highest BCUT2D eigenvalue weighted by atomic mass is 79.9. The summed E-state index contributed by atoms with van der Waals surface area (Å²) in [6, 6.07) is 9.44. The molecule has 1 aromatic heterocycles. The first-order valence-electron chi connectivity index (χ1n) is 6.44. The van der Waals surface area contributed by atoms with Gasteiger partial charge in [0.1, 0.15) is 5.82 Å². The summed E-state index contributed by atoms with van der Waals surface area (Å²) >= 11 is 3.14. The highest BCUT2D eigenvalue weighted by Crippen LogP contribution is 2.19. The molecule has 22 heavy (non-hydrogen) atoms. The molecule has 0 fully saturated rings. The van der Waals surface area contributed by atoms with Crippen LogP contribution in [0.2, 0.25) is 0 Å². The van der Waals surface area contributed by atoms with Crippen molar-refractivity contribution in [3.8, 4) is 0 Å². The lowest BCUT2D eigenvalue weighted by Gasteiger charge is -2.04. The third-order valence-electron chi connectivity index (χ3n) is 3.17. The van der Waals surface area contributed by atoms with E-state index in [4.69, 9.17) is 5.11 Å². The Kier molecular flexibility index (Phi) is 3.81. The predicted molar refractivity (Wildman–Crippen MR) is 84.5 cm³/mol. The van der Waals surface area contributed by atoms with Crippen LogP contribution in [0.3, 0.4) is 0 Å². The number of anilines is 1. The van der Waals surface area contributed by atoms with E-state index in [2.05, 4.69) is 31.2 Å². The topological polar surface area (TPSA) is 78.0 Å². The van der Waals surface area contributed by atoms with Crippen LogP contribution in [-0.2, 0) is 6.54 Å². The Morgan fingerprint density at radius 2 is 2.14 bits per heavy atom. The summed E-state index contributed by atoms with van der Waals surface area (Å²) in [7, 11) is 0. The molecule has 0 aliphatic heterocycles. The second-order valence-electron chi connectivity index (χ2n) is 4.72. The van der Waals surface area contributed by atoms with Gasteiger partial charge in [0.2, 0.25) is 5.95 Å². The highest BCUT2D eigenvalue weighted by molar-refractivity contribution is 9.10. The summed E-state index contributed by atoms with van der Waals surface area (Å²) in [6.45, 7) is 0.463. The summed E-state index contributed by atoms with van der Waals surface area (Å²) in [4.78, 5) is 18.3. The van der Waals surface area contributed by atoms with E-state index in [1.54, 1.807) is 18.2 Å². The molecule has 7 heteroatoms. The smallest absolute Gasteiger partial charge is 0.335 e. The number of carbonyl (C=O) groups is 1. The van der Waals surface area contributed by atoms with Gasteiger partial charge in [-0.1, -0.05) is 6.07 Å². The number of rotatable bonds is 4. The van der Waals surface area contributed by atoms with Crippen LogP contribution in [0.25, 0.3) is 11.0 Å². The van der Waals surface area contributed by atoms with Crippen LogP contribution in [0, 0.1) is 5.82 Å². The fourth-order valence-corrected chi connectivity index (χ4v) is 2.49. The van der Waals surface area contributed by atoms with Crippen LogP contribution >= 0.6 is 15.9 Å². The molecule has 0 spiro atoms. The standard InChI is InChI=1S/C15H11BrFN3O2/c16-10-5-8(1-3-11(10)17)7-18-15-19-12-4-2-9(14(21)22)6-13(12)20-15/h1-6H,7H2,(H,21,22)(H2,18,19,20). The van der Waals surface area contributed by atoms with Gasteiger partial charge in [0, 0.05) is 6.54 Å². The predicted octanol–water partition coefficient (Wildman–Crippen LogP) is 3.77. The van der Waals surface area contributed by atoms with Gasteiger partial charge < -0.3 is 15.4 Å². The van der Waals surface area contributed by atoms with Gasteiger partial charge in [0.15, 0.2) is 0 Å². The number of hydrogen-bond acceptors (Lipinski definition) is 3. The molecule has 112 valence electrons. The lowest BCUT2D eigenvalue weighted by atomic mass is 10.2. The summed E-state index contributed by atoms with van der Waals surface area (Å²) < 4.78 is 13.6. The van der Waals surface area contributed by atoms with E-state index in [9.17, 15) is 9.18 Å². The van der Waals surface area contributed by atoms with Crippen molar-refractivity contribution in [2.45, 2.75) is 6.54 Å². The fourth-order valence-electron chi connectivity index (χ4n) is 2.06. The van der Waals surface area contributed by atoms with Crippen LogP contribution < -0.4 is 5.32 Å². The lowest BCUT2D eigenvalue weighted by molar-refractivity contribution is 0.0697. The van der Waals surface area contributed by atoms with Gasteiger partial charge >= 0.3 is 5.97 Å². The summed E-state index contributed by atoms with van der Waals surface area (Å²) in [5, 5.41) is 12.1. The number of aromatic carboxylic acids is 1. The molecule has 0 saturated heterocycles. The molecule has 0 amide bonds. The second-order valence-corrected chi connectivity index (χ2v) is 5.58. The minimum atomic E-state index is -0.984. The van der Waals surface area contributed by atoms with E-state index in [-0.39, 0.29) is 11.4 Å². The number of aromatic amines is 1. The Morgan fingerprint density at radius 3 is 2.86 bits per heavy atom. The van der Waals surface area contributed by atoms with Crippen molar-refractivity contribution in [3.05, 3.63) is 57.8 Å². The average molecular weight is 364 g/mol. The molecule has 3 rings (SSSR count). The quantitative estimate of drug-likeness (QED) is 0.659. The zero-order chi connectivity index (χ0) is 15.7. The molecule has 3 N–H and O–H groups in total. The molecule has 2 aromatic carbocycles.